The first kappa shape index (κ1) is 13.0. The Kier molecular flexibility index (Phi) is 13.7. The highest BCUT2D eigenvalue weighted by Gasteiger charge is 1.93. The van der Waals surface area contributed by atoms with Gasteiger partial charge in [-0.25, -0.2) is 0 Å². The fourth-order valence-corrected chi connectivity index (χ4v) is 1.34. The van der Waals surface area contributed by atoms with Gasteiger partial charge in [-0.3, -0.25) is 0 Å². The van der Waals surface area contributed by atoms with Crippen LogP contribution in [-0.4, -0.2) is 29.0 Å². The van der Waals surface area contributed by atoms with Crippen molar-refractivity contribution in [2.75, 3.05) is 24.1 Å². The second-order valence-corrected chi connectivity index (χ2v) is 2.79. The SMILES string of the molecule is CCN(CC)CCI.I. The predicted molar refractivity (Wildman–Crippen MR) is 62.1 cm³/mol. The Morgan fingerprint density at radius 2 is 1.67 bits per heavy atom. The minimum absolute atomic E-state index is 0. The summed E-state index contributed by atoms with van der Waals surface area (Å²) in [6.45, 7) is 8.04. The topological polar surface area (TPSA) is 3.24 Å². The van der Waals surface area contributed by atoms with Gasteiger partial charge in [0.1, 0.15) is 0 Å². The smallest absolute Gasteiger partial charge is 0.0123 e. The maximum atomic E-state index is 2.42. The minimum atomic E-state index is 0. The molecular weight excluding hydrogens is 340 g/mol. The van der Waals surface area contributed by atoms with E-state index in [2.05, 4.69) is 41.3 Å². The second kappa shape index (κ2) is 9.42. The number of halogens is 2. The van der Waals surface area contributed by atoms with E-state index in [4.69, 9.17) is 0 Å². The molecule has 0 aromatic carbocycles. The van der Waals surface area contributed by atoms with Crippen molar-refractivity contribution in [3.8, 4) is 0 Å². The lowest BCUT2D eigenvalue weighted by atomic mass is 10.5. The molecule has 0 rings (SSSR count). The van der Waals surface area contributed by atoms with E-state index in [1.54, 1.807) is 0 Å². The van der Waals surface area contributed by atoms with Gasteiger partial charge in [-0.05, 0) is 13.1 Å². The van der Waals surface area contributed by atoms with Crippen molar-refractivity contribution in [3.05, 3.63) is 0 Å². The molecule has 0 aromatic heterocycles. The summed E-state index contributed by atoms with van der Waals surface area (Å²) in [6, 6.07) is 0. The van der Waals surface area contributed by atoms with Gasteiger partial charge in [0.05, 0.1) is 0 Å². The molecule has 0 amide bonds. The maximum Gasteiger partial charge on any atom is 0.0123 e. The fraction of sp³-hybridized carbons (Fsp3) is 1.00. The Balaban J connectivity index is 0. The van der Waals surface area contributed by atoms with Gasteiger partial charge >= 0.3 is 0 Å². The van der Waals surface area contributed by atoms with E-state index in [-0.39, 0.29) is 24.0 Å². The molecule has 0 atom stereocenters. The quantitative estimate of drug-likeness (QED) is 0.553. The summed E-state index contributed by atoms with van der Waals surface area (Å²) in [5.41, 5.74) is 0. The minimum Gasteiger partial charge on any atom is -0.303 e. The van der Waals surface area contributed by atoms with Gasteiger partial charge in [-0.1, -0.05) is 36.4 Å². The van der Waals surface area contributed by atoms with E-state index in [1.807, 2.05) is 0 Å². The summed E-state index contributed by atoms with van der Waals surface area (Å²) < 4.78 is 1.25. The Bertz CT molecular complexity index is 46.3. The molecule has 0 bridgehead atoms. The molecule has 0 radical (unpaired) electrons. The van der Waals surface area contributed by atoms with Gasteiger partial charge in [-0.2, -0.15) is 0 Å². The highest BCUT2D eigenvalue weighted by atomic mass is 127. The number of hydrogen-bond acceptors (Lipinski definition) is 1. The summed E-state index contributed by atoms with van der Waals surface area (Å²) in [4.78, 5) is 2.42. The number of nitrogens with zero attached hydrogens (tertiary/aromatic N) is 1. The lowest BCUT2D eigenvalue weighted by molar-refractivity contribution is 0.325. The van der Waals surface area contributed by atoms with Gasteiger partial charge in [0.15, 0.2) is 0 Å². The van der Waals surface area contributed by atoms with Crippen molar-refractivity contribution in [2.24, 2.45) is 0 Å². The normalized spacial score (nSPS) is 9.33. The van der Waals surface area contributed by atoms with Crippen LogP contribution in [-0.2, 0) is 0 Å². The van der Waals surface area contributed by atoms with Crippen LogP contribution < -0.4 is 0 Å². The van der Waals surface area contributed by atoms with Gasteiger partial charge in [0, 0.05) is 11.0 Å². The molecule has 0 heterocycles. The van der Waals surface area contributed by atoms with Crippen molar-refractivity contribution >= 4 is 46.6 Å². The van der Waals surface area contributed by atoms with Crippen molar-refractivity contribution in [3.63, 3.8) is 0 Å². The summed E-state index contributed by atoms with van der Waals surface area (Å²) in [7, 11) is 0. The molecular formula is C6H15I2N. The molecule has 0 N–H and O–H groups in total. The third-order valence-corrected chi connectivity index (χ3v) is 1.78. The monoisotopic (exact) mass is 355 g/mol. The fourth-order valence-electron chi connectivity index (χ4n) is 0.659. The summed E-state index contributed by atoms with van der Waals surface area (Å²) in [6.07, 6.45) is 0. The Morgan fingerprint density at radius 3 is 1.78 bits per heavy atom. The molecule has 0 spiro atoms. The molecule has 1 nitrogen and oxygen atoms in total. The lowest BCUT2D eigenvalue weighted by Crippen LogP contribution is -2.24. The molecule has 58 valence electrons. The largest absolute Gasteiger partial charge is 0.303 e. The molecule has 0 saturated heterocycles. The van der Waals surface area contributed by atoms with Crippen LogP contribution in [0.3, 0.4) is 0 Å². The van der Waals surface area contributed by atoms with Crippen molar-refractivity contribution in [1.29, 1.82) is 0 Å². The highest BCUT2D eigenvalue weighted by molar-refractivity contribution is 14.1. The average Bonchev–Trinajstić information content (AvgIpc) is 1.83. The van der Waals surface area contributed by atoms with E-state index in [1.165, 1.54) is 24.1 Å². The molecule has 0 aliphatic heterocycles. The highest BCUT2D eigenvalue weighted by Crippen LogP contribution is 1.88. The van der Waals surface area contributed by atoms with Crippen LogP contribution in [0.25, 0.3) is 0 Å². The first-order chi connectivity index (χ1) is 3.85. The van der Waals surface area contributed by atoms with Crippen LogP contribution in [0.1, 0.15) is 13.8 Å². The predicted octanol–water partition coefficient (Wildman–Crippen LogP) is 2.38. The molecule has 3 heteroatoms. The first-order valence-electron chi connectivity index (χ1n) is 3.13. The van der Waals surface area contributed by atoms with Crippen LogP contribution in [0.5, 0.6) is 0 Å². The van der Waals surface area contributed by atoms with Gasteiger partial charge < -0.3 is 4.90 Å². The zero-order valence-electron chi connectivity index (χ0n) is 6.06. The van der Waals surface area contributed by atoms with E-state index >= 15 is 0 Å². The van der Waals surface area contributed by atoms with Crippen molar-refractivity contribution < 1.29 is 0 Å². The second-order valence-electron chi connectivity index (χ2n) is 1.72. The molecule has 0 aliphatic rings. The Labute approximate surface area is 88.7 Å². The molecule has 9 heavy (non-hydrogen) atoms. The van der Waals surface area contributed by atoms with E-state index in [0.717, 1.165) is 0 Å². The van der Waals surface area contributed by atoms with Gasteiger partial charge in [-0.15, -0.1) is 24.0 Å². The third-order valence-electron chi connectivity index (χ3n) is 1.30. The molecule has 0 unspecified atom stereocenters. The maximum absolute atomic E-state index is 2.42. The Morgan fingerprint density at radius 1 is 1.22 bits per heavy atom. The van der Waals surface area contributed by atoms with Gasteiger partial charge in [0.2, 0.25) is 0 Å². The zero-order valence-corrected chi connectivity index (χ0v) is 10.5. The van der Waals surface area contributed by atoms with Crippen LogP contribution in [0.15, 0.2) is 0 Å². The Hall–Kier alpha value is 1.42. The first-order valence-corrected chi connectivity index (χ1v) is 4.66. The molecule has 0 saturated carbocycles. The number of rotatable bonds is 4. The summed E-state index contributed by atoms with van der Waals surface area (Å²) >= 11 is 2.41. The van der Waals surface area contributed by atoms with Crippen LogP contribution >= 0.6 is 46.6 Å². The van der Waals surface area contributed by atoms with E-state index in [9.17, 15) is 0 Å². The standard InChI is InChI=1S/C6H14IN.HI/c1-3-8(4-2)6-5-7;/h3-6H2,1-2H3;1H. The van der Waals surface area contributed by atoms with Crippen molar-refractivity contribution in [2.45, 2.75) is 13.8 Å². The lowest BCUT2D eigenvalue weighted by Gasteiger charge is -2.15. The molecule has 0 aromatic rings. The number of alkyl halides is 1. The van der Waals surface area contributed by atoms with Crippen LogP contribution in [0, 0.1) is 0 Å². The van der Waals surface area contributed by atoms with Crippen LogP contribution in [0.2, 0.25) is 0 Å². The molecule has 0 fully saturated rings. The van der Waals surface area contributed by atoms with Gasteiger partial charge in [0.25, 0.3) is 0 Å². The van der Waals surface area contributed by atoms with Crippen LogP contribution in [0.4, 0.5) is 0 Å². The van der Waals surface area contributed by atoms with Crippen molar-refractivity contribution in [1.82, 2.24) is 4.90 Å². The zero-order chi connectivity index (χ0) is 6.41. The summed E-state index contributed by atoms with van der Waals surface area (Å²) in [5, 5.41) is 0. The number of hydrogen-bond donors (Lipinski definition) is 0. The molecule has 0 aliphatic carbocycles. The van der Waals surface area contributed by atoms with E-state index in [0.29, 0.717) is 0 Å². The summed E-state index contributed by atoms with van der Waals surface area (Å²) in [5.74, 6) is 0. The average molecular weight is 355 g/mol. The van der Waals surface area contributed by atoms with E-state index < -0.39 is 0 Å². The third kappa shape index (κ3) is 7.32.